The van der Waals surface area contributed by atoms with Crippen LogP contribution in [0.4, 0.5) is 13.2 Å². The van der Waals surface area contributed by atoms with Crippen molar-refractivity contribution in [3.8, 4) is 0 Å². The summed E-state index contributed by atoms with van der Waals surface area (Å²) in [6.07, 6.45) is -5.32. The summed E-state index contributed by atoms with van der Waals surface area (Å²) in [6.45, 7) is 1.42. The molecule has 1 atom stereocenters. The molecule has 0 spiro atoms. The van der Waals surface area contributed by atoms with Crippen molar-refractivity contribution in [2.45, 2.75) is 19.2 Å². The summed E-state index contributed by atoms with van der Waals surface area (Å²) < 4.78 is 37.0. The molecule has 0 heterocycles. The van der Waals surface area contributed by atoms with Crippen LogP contribution in [0.2, 0.25) is 0 Å². The molecular weight excluding hydrogens is 261 g/mol. The van der Waals surface area contributed by atoms with Crippen LogP contribution in [-0.4, -0.2) is 5.11 Å². The van der Waals surface area contributed by atoms with E-state index < -0.39 is 17.8 Å². The first-order valence-corrected chi connectivity index (χ1v) is 4.67. The number of rotatable bonds is 1. The molecule has 14 heavy (non-hydrogen) atoms. The Balaban J connectivity index is 3.28. The number of hydrogen-bond donors (Lipinski definition) is 1. The van der Waals surface area contributed by atoms with Crippen LogP contribution in [0.1, 0.15) is 24.2 Å². The first-order valence-electron chi connectivity index (χ1n) is 3.87. The van der Waals surface area contributed by atoms with Crippen molar-refractivity contribution in [3.05, 3.63) is 33.8 Å². The lowest BCUT2D eigenvalue weighted by molar-refractivity contribution is -0.138. The Morgan fingerprint density at radius 1 is 1.36 bits per heavy atom. The lowest BCUT2D eigenvalue weighted by Gasteiger charge is -2.13. The fourth-order valence-electron chi connectivity index (χ4n) is 1.09. The van der Waals surface area contributed by atoms with Crippen LogP contribution in [0.5, 0.6) is 0 Å². The van der Waals surface area contributed by atoms with Gasteiger partial charge in [0, 0.05) is 4.47 Å². The topological polar surface area (TPSA) is 20.2 Å². The summed E-state index contributed by atoms with van der Waals surface area (Å²) in [6, 6.07) is 3.69. The maximum Gasteiger partial charge on any atom is 0.417 e. The minimum atomic E-state index is -4.40. The van der Waals surface area contributed by atoms with Gasteiger partial charge in [0.2, 0.25) is 0 Å². The van der Waals surface area contributed by atoms with Gasteiger partial charge in [-0.2, -0.15) is 13.2 Å². The Hall–Kier alpha value is -0.550. The molecule has 1 rings (SSSR count). The van der Waals surface area contributed by atoms with E-state index in [4.69, 9.17) is 0 Å². The van der Waals surface area contributed by atoms with Gasteiger partial charge in [0.15, 0.2) is 0 Å². The van der Waals surface area contributed by atoms with Gasteiger partial charge in [-0.1, -0.05) is 12.1 Å². The van der Waals surface area contributed by atoms with Crippen LogP contribution in [0.3, 0.4) is 0 Å². The summed E-state index contributed by atoms with van der Waals surface area (Å²) in [4.78, 5) is 0. The quantitative estimate of drug-likeness (QED) is 0.827. The van der Waals surface area contributed by atoms with Crippen molar-refractivity contribution in [2.24, 2.45) is 0 Å². The second-order valence-corrected chi connectivity index (χ2v) is 3.68. The zero-order valence-corrected chi connectivity index (χ0v) is 8.85. The Bertz CT molecular complexity index is 333. The van der Waals surface area contributed by atoms with Crippen LogP contribution in [-0.2, 0) is 6.18 Å². The Labute approximate surface area is 87.7 Å². The van der Waals surface area contributed by atoms with Crippen molar-refractivity contribution in [3.63, 3.8) is 0 Å². The smallest absolute Gasteiger partial charge is 0.389 e. The highest BCUT2D eigenvalue weighted by molar-refractivity contribution is 9.10. The second kappa shape index (κ2) is 3.90. The first-order chi connectivity index (χ1) is 6.34. The summed E-state index contributed by atoms with van der Waals surface area (Å²) in [5, 5.41) is 9.20. The van der Waals surface area contributed by atoms with Crippen LogP contribution in [0.15, 0.2) is 22.7 Å². The molecule has 0 fully saturated rings. The normalized spacial score (nSPS) is 14.1. The standard InChI is InChI=1S/C9H8BrF3O/c1-5(14)6-3-2-4-7(8(6)10)9(11,12)13/h2-5,14H,1H3. The van der Waals surface area contributed by atoms with E-state index in [1.54, 1.807) is 0 Å². The van der Waals surface area contributed by atoms with Crippen molar-refractivity contribution in [1.82, 2.24) is 0 Å². The lowest BCUT2D eigenvalue weighted by Crippen LogP contribution is -2.08. The predicted molar refractivity (Wildman–Crippen MR) is 49.8 cm³/mol. The fraction of sp³-hybridized carbons (Fsp3) is 0.333. The van der Waals surface area contributed by atoms with Gasteiger partial charge < -0.3 is 5.11 Å². The summed E-state index contributed by atoms with van der Waals surface area (Å²) in [5.74, 6) is 0. The van der Waals surface area contributed by atoms with Gasteiger partial charge in [0.1, 0.15) is 0 Å². The monoisotopic (exact) mass is 268 g/mol. The van der Waals surface area contributed by atoms with Crippen molar-refractivity contribution in [1.29, 1.82) is 0 Å². The summed E-state index contributed by atoms with van der Waals surface area (Å²) >= 11 is 2.84. The molecule has 1 N–H and O–H groups in total. The summed E-state index contributed by atoms with van der Waals surface area (Å²) in [7, 11) is 0. The van der Waals surface area contributed by atoms with Gasteiger partial charge in [-0.05, 0) is 34.5 Å². The molecule has 1 aromatic rings. The van der Waals surface area contributed by atoms with E-state index >= 15 is 0 Å². The Morgan fingerprint density at radius 3 is 2.36 bits per heavy atom. The maximum atomic E-state index is 12.4. The van der Waals surface area contributed by atoms with Crippen LogP contribution in [0.25, 0.3) is 0 Å². The number of halogens is 4. The Morgan fingerprint density at radius 2 is 1.93 bits per heavy atom. The van der Waals surface area contributed by atoms with Crippen LogP contribution >= 0.6 is 15.9 Å². The molecule has 1 nitrogen and oxygen atoms in total. The maximum absolute atomic E-state index is 12.4. The van der Waals surface area contributed by atoms with Crippen molar-refractivity contribution in [2.75, 3.05) is 0 Å². The third-order valence-corrected chi connectivity index (χ3v) is 2.67. The van der Waals surface area contributed by atoms with Gasteiger partial charge in [-0.3, -0.25) is 0 Å². The predicted octanol–water partition coefficient (Wildman–Crippen LogP) is 3.52. The highest BCUT2D eigenvalue weighted by Gasteiger charge is 2.33. The average molecular weight is 269 g/mol. The molecule has 0 aliphatic heterocycles. The first kappa shape index (κ1) is 11.5. The summed E-state index contributed by atoms with van der Waals surface area (Å²) in [5.41, 5.74) is -0.532. The second-order valence-electron chi connectivity index (χ2n) is 2.88. The molecule has 0 bridgehead atoms. The van der Waals surface area contributed by atoms with Gasteiger partial charge in [0.25, 0.3) is 0 Å². The zero-order chi connectivity index (χ0) is 10.9. The molecule has 0 amide bonds. The molecule has 1 aromatic carbocycles. The molecule has 0 saturated carbocycles. The molecule has 5 heteroatoms. The molecule has 1 unspecified atom stereocenters. The molecule has 0 aromatic heterocycles. The third kappa shape index (κ3) is 2.27. The van der Waals surface area contributed by atoms with Gasteiger partial charge in [-0.25, -0.2) is 0 Å². The van der Waals surface area contributed by atoms with E-state index in [2.05, 4.69) is 15.9 Å². The van der Waals surface area contributed by atoms with Crippen LogP contribution < -0.4 is 0 Å². The molecule has 0 aliphatic rings. The van der Waals surface area contributed by atoms with E-state index in [0.29, 0.717) is 0 Å². The lowest BCUT2D eigenvalue weighted by atomic mass is 10.1. The molecular formula is C9H8BrF3O. The molecule has 0 saturated heterocycles. The third-order valence-electron chi connectivity index (χ3n) is 1.78. The Kier molecular flexibility index (Phi) is 3.21. The van der Waals surface area contributed by atoms with Crippen molar-refractivity contribution < 1.29 is 18.3 Å². The van der Waals surface area contributed by atoms with Crippen LogP contribution in [0, 0.1) is 0 Å². The zero-order valence-electron chi connectivity index (χ0n) is 7.27. The van der Waals surface area contributed by atoms with Crippen molar-refractivity contribution >= 4 is 15.9 Å². The van der Waals surface area contributed by atoms with E-state index in [0.717, 1.165) is 6.07 Å². The van der Waals surface area contributed by atoms with E-state index in [1.807, 2.05) is 0 Å². The van der Waals surface area contributed by atoms with E-state index in [-0.39, 0.29) is 10.0 Å². The molecule has 0 radical (unpaired) electrons. The SMILES string of the molecule is CC(O)c1cccc(C(F)(F)F)c1Br. The number of aliphatic hydroxyl groups excluding tert-OH is 1. The fourth-order valence-corrected chi connectivity index (χ4v) is 1.91. The van der Waals surface area contributed by atoms with E-state index in [9.17, 15) is 18.3 Å². The number of benzene rings is 1. The highest BCUT2D eigenvalue weighted by Crippen LogP contribution is 2.37. The number of hydrogen-bond acceptors (Lipinski definition) is 1. The van der Waals surface area contributed by atoms with Gasteiger partial charge >= 0.3 is 6.18 Å². The minimum absolute atomic E-state index is 0.0949. The highest BCUT2D eigenvalue weighted by atomic mass is 79.9. The number of alkyl halides is 3. The largest absolute Gasteiger partial charge is 0.417 e. The average Bonchev–Trinajstić information content (AvgIpc) is 2.01. The van der Waals surface area contributed by atoms with E-state index in [1.165, 1.54) is 19.1 Å². The molecule has 78 valence electrons. The minimum Gasteiger partial charge on any atom is -0.389 e. The van der Waals surface area contributed by atoms with Gasteiger partial charge in [0.05, 0.1) is 11.7 Å². The number of aliphatic hydroxyl groups is 1. The molecule has 0 aliphatic carbocycles. The van der Waals surface area contributed by atoms with Gasteiger partial charge in [-0.15, -0.1) is 0 Å².